The van der Waals surface area contributed by atoms with Gasteiger partial charge in [0.15, 0.2) is 5.60 Å². The Balaban J connectivity index is 1.89. The Morgan fingerprint density at radius 1 is 1.08 bits per heavy atom. The zero-order valence-corrected chi connectivity index (χ0v) is 16.3. The maximum absolute atomic E-state index is 11.3. The first-order valence-electron chi connectivity index (χ1n) is 9.42. The molecule has 0 spiro atoms. The molecule has 0 heterocycles. The summed E-state index contributed by atoms with van der Waals surface area (Å²) in [5.41, 5.74) is 1.65. The van der Waals surface area contributed by atoms with Crippen LogP contribution in [0.2, 0.25) is 5.02 Å². The lowest BCUT2D eigenvalue weighted by Crippen LogP contribution is -2.35. The molecule has 0 unspecified atom stereocenters. The summed E-state index contributed by atoms with van der Waals surface area (Å²) in [5.74, 6) is -0.193. The molecule has 0 aliphatic heterocycles. The highest BCUT2D eigenvalue weighted by atomic mass is 35.5. The summed E-state index contributed by atoms with van der Waals surface area (Å²) < 4.78 is 5.73. The number of hydrogen-bond acceptors (Lipinski definition) is 2. The van der Waals surface area contributed by atoms with Crippen LogP contribution in [0.3, 0.4) is 0 Å². The van der Waals surface area contributed by atoms with E-state index in [1.807, 2.05) is 18.2 Å². The lowest BCUT2D eigenvalue weighted by molar-refractivity contribution is -0.157. The van der Waals surface area contributed by atoms with E-state index in [9.17, 15) is 9.90 Å². The molecule has 1 aromatic rings. The van der Waals surface area contributed by atoms with Gasteiger partial charge in [0.25, 0.3) is 0 Å². The van der Waals surface area contributed by atoms with E-state index in [2.05, 4.69) is 18.2 Å². The third-order valence-corrected chi connectivity index (χ3v) is 5.98. The van der Waals surface area contributed by atoms with Gasteiger partial charge in [-0.05, 0) is 56.9 Å². The molecule has 4 heteroatoms. The minimum Gasteiger partial charge on any atom is -0.481 e. The predicted octanol–water partition coefficient (Wildman–Crippen LogP) is 6.03. The van der Waals surface area contributed by atoms with Crippen LogP contribution in [-0.2, 0) is 14.9 Å². The predicted molar refractivity (Wildman–Crippen MR) is 104 cm³/mol. The van der Waals surface area contributed by atoms with E-state index in [4.69, 9.17) is 16.3 Å². The van der Waals surface area contributed by atoms with Gasteiger partial charge in [0.2, 0.25) is 0 Å². The van der Waals surface area contributed by atoms with E-state index in [-0.39, 0.29) is 5.41 Å². The Morgan fingerprint density at radius 2 is 1.73 bits per heavy atom. The van der Waals surface area contributed by atoms with E-state index >= 15 is 0 Å². The lowest BCUT2D eigenvalue weighted by Gasteiger charge is -2.41. The van der Waals surface area contributed by atoms with Crippen LogP contribution in [0.5, 0.6) is 0 Å². The van der Waals surface area contributed by atoms with Gasteiger partial charge in [0.1, 0.15) is 0 Å². The third kappa shape index (κ3) is 3.83. The van der Waals surface area contributed by atoms with Crippen molar-refractivity contribution in [2.75, 3.05) is 0 Å². The van der Waals surface area contributed by atoms with Gasteiger partial charge in [-0.25, -0.2) is 4.79 Å². The fraction of sp³-hybridized carbons (Fsp3) is 0.500. The molecule has 140 valence electrons. The Hall–Kier alpha value is -1.74. The molecule has 0 radical (unpaired) electrons. The number of rotatable bonds is 5. The van der Waals surface area contributed by atoms with Gasteiger partial charge < -0.3 is 9.84 Å². The van der Waals surface area contributed by atoms with Crippen LogP contribution in [0.4, 0.5) is 0 Å². The third-order valence-electron chi connectivity index (χ3n) is 5.73. The highest BCUT2D eigenvalue weighted by Crippen LogP contribution is 2.48. The van der Waals surface area contributed by atoms with Crippen molar-refractivity contribution in [3.05, 3.63) is 58.3 Å². The van der Waals surface area contributed by atoms with Gasteiger partial charge in [-0.2, -0.15) is 0 Å². The summed E-state index contributed by atoms with van der Waals surface area (Å²) in [4.78, 5) is 11.3. The van der Waals surface area contributed by atoms with Crippen LogP contribution < -0.4 is 0 Å². The number of ether oxygens (including phenoxy) is 1. The number of carboxylic acid groups (broad SMARTS) is 1. The highest BCUT2D eigenvalue weighted by molar-refractivity contribution is 6.30. The quantitative estimate of drug-likeness (QED) is 0.684. The van der Waals surface area contributed by atoms with E-state index in [0.29, 0.717) is 0 Å². The van der Waals surface area contributed by atoms with Crippen molar-refractivity contribution < 1.29 is 14.6 Å². The first-order chi connectivity index (χ1) is 12.3. The lowest BCUT2D eigenvalue weighted by atomic mass is 9.63. The second-order valence-electron chi connectivity index (χ2n) is 7.89. The maximum atomic E-state index is 11.3. The number of hydrogen-bond donors (Lipinski definition) is 1. The number of carboxylic acids is 1. The maximum Gasteiger partial charge on any atom is 0.347 e. The number of carbonyl (C=O) groups is 1. The van der Waals surface area contributed by atoms with E-state index in [0.717, 1.165) is 36.5 Å². The summed E-state index contributed by atoms with van der Waals surface area (Å²) in [7, 11) is 0. The molecule has 1 N–H and O–H groups in total. The SMILES string of the molecule is CC(C)(OC1=CC=C(C2(c3ccc(Cl)cc3)CCCCC2)CC1)C(=O)O. The molecular weight excluding hydrogens is 348 g/mol. The summed E-state index contributed by atoms with van der Waals surface area (Å²) >= 11 is 6.10. The van der Waals surface area contributed by atoms with Crippen LogP contribution in [0.25, 0.3) is 0 Å². The van der Waals surface area contributed by atoms with Crippen LogP contribution in [0.15, 0.2) is 47.7 Å². The highest BCUT2D eigenvalue weighted by Gasteiger charge is 2.38. The van der Waals surface area contributed by atoms with Gasteiger partial charge >= 0.3 is 5.97 Å². The first kappa shape index (κ1) is 19.0. The second-order valence-corrected chi connectivity index (χ2v) is 8.33. The molecule has 0 aromatic heterocycles. The Morgan fingerprint density at radius 3 is 2.27 bits per heavy atom. The monoisotopic (exact) mass is 374 g/mol. The molecular formula is C22H27ClO3. The van der Waals surface area contributed by atoms with Crippen molar-refractivity contribution in [3.8, 4) is 0 Å². The zero-order chi connectivity index (χ0) is 18.8. The minimum atomic E-state index is -1.20. The number of allylic oxidation sites excluding steroid dienone is 4. The Bertz CT molecular complexity index is 722. The van der Waals surface area contributed by atoms with Crippen molar-refractivity contribution in [3.63, 3.8) is 0 Å². The molecule has 0 atom stereocenters. The molecule has 0 amide bonds. The molecule has 1 fully saturated rings. The van der Waals surface area contributed by atoms with E-state index < -0.39 is 11.6 Å². The van der Waals surface area contributed by atoms with Gasteiger partial charge in [-0.15, -0.1) is 0 Å². The van der Waals surface area contributed by atoms with Crippen LogP contribution >= 0.6 is 11.6 Å². The topological polar surface area (TPSA) is 46.5 Å². The van der Waals surface area contributed by atoms with Crippen LogP contribution in [-0.4, -0.2) is 16.7 Å². The largest absolute Gasteiger partial charge is 0.481 e. The minimum absolute atomic E-state index is 0.0766. The summed E-state index contributed by atoms with van der Waals surface area (Å²) in [6.07, 6.45) is 11.9. The fourth-order valence-electron chi connectivity index (χ4n) is 4.19. The van der Waals surface area contributed by atoms with Gasteiger partial charge in [-0.3, -0.25) is 0 Å². The normalized spacial score (nSPS) is 20.1. The number of aliphatic carboxylic acids is 1. The summed E-state index contributed by atoms with van der Waals surface area (Å²) in [6.45, 7) is 3.18. The molecule has 26 heavy (non-hydrogen) atoms. The average molecular weight is 375 g/mol. The van der Waals surface area contributed by atoms with Crippen molar-refractivity contribution in [2.45, 2.75) is 69.8 Å². The van der Waals surface area contributed by atoms with E-state index in [1.165, 1.54) is 30.4 Å². The Kier molecular flexibility index (Phi) is 5.47. The van der Waals surface area contributed by atoms with Crippen molar-refractivity contribution >= 4 is 17.6 Å². The summed E-state index contributed by atoms with van der Waals surface area (Å²) in [6, 6.07) is 8.29. The average Bonchev–Trinajstić information content (AvgIpc) is 2.63. The van der Waals surface area contributed by atoms with Crippen molar-refractivity contribution in [1.29, 1.82) is 0 Å². The van der Waals surface area contributed by atoms with Crippen LogP contribution in [0.1, 0.15) is 64.4 Å². The molecule has 2 aliphatic rings. The molecule has 0 saturated heterocycles. The van der Waals surface area contributed by atoms with Crippen LogP contribution in [0, 0.1) is 0 Å². The zero-order valence-electron chi connectivity index (χ0n) is 15.6. The fourth-order valence-corrected chi connectivity index (χ4v) is 4.32. The van der Waals surface area contributed by atoms with Gasteiger partial charge in [0.05, 0.1) is 5.76 Å². The van der Waals surface area contributed by atoms with Crippen molar-refractivity contribution in [1.82, 2.24) is 0 Å². The molecule has 2 aliphatic carbocycles. The Labute approximate surface area is 160 Å². The molecule has 1 saturated carbocycles. The van der Waals surface area contributed by atoms with E-state index in [1.54, 1.807) is 13.8 Å². The van der Waals surface area contributed by atoms with Gasteiger partial charge in [0, 0.05) is 16.9 Å². The number of benzene rings is 1. The smallest absolute Gasteiger partial charge is 0.347 e. The molecule has 0 bridgehead atoms. The first-order valence-corrected chi connectivity index (χ1v) is 9.80. The second kappa shape index (κ2) is 7.48. The van der Waals surface area contributed by atoms with Gasteiger partial charge in [-0.1, -0.05) is 54.6 Å². The molecule has 3 nitrogen and oxygen atoms in total. The standard InChI is InChI=1S/C22H27ClO3/c1-21(2,20(24)25)26-19-12-8-17(9-13-19)22(14-4-3-5-15-22)16-6-10-18(23)11-7-16/h6-8,10-12H,3-5,9,13-15H2,1-2H3,(H,24,25). The van der Waals surface area contributed by atoms with Crippen molar-refractivity contribution in [2.24, 2.45) is 0 Å². The molecule has 1 aromatic carbocycles. The summed E-state index contributed by atoms with van der Waals surface area (Å²) in [5, 5.41) is 10.0. The number of halogens is 1. The molecule has 3 rings (SSSR count).